The highest BCUT2D eigenvalue weighted by molar-refractivity contribution is 7.81. The molecule has 0 saturated carbocycles. The van der Waals surface area contributed by atoms with Crippen molar-refractivity contribution in [3.05, 3.63) is 0 Å². The normalized spacial score (nSPS) is 14.2. The van der Waals surface area contributed by atoms with Crippen LogP contribution in [-0.4, -0.2) is 39.2 Å². The molecular weight excluding hydrogens is 516 g/mol. The Hall–Kier alpha value is -0.260. The Bertz CT molecular complexity index is 650. The van der Waals surface area contributed by atoms with E-state index in [1.54, 1.807) is 0 Å². The summed E-state index contributed by atoms with van der Waals surface area (Å²) in [4.78, 5) is 0. The Kier molecular flexibility index (Phi) is 23.4. The van der Waals surface area contributed by atoms with Gasteiger partial charge in [0.05, 0.1) is 13.2 Å². The third kappa shape index (κ3) is 28.6. The van der Waals surface area contributed by atoms with Gasteiger partial charge >= 0.3 is 20.8 Å². The molecule has 0 aromatic heterocycles. The van der Waals surface area contributed by atoms with Crippen LogP contribution in [0.2, 0.25) is 0 Å². The average Bonchev–Trinajstić information content (AvgIpc) is 2.82. The molecule has 0 aliphatic rings. The van der Waals surface area contributed by atoms with Gasteiger partial charge in [0.2, 0.25) is 0 Å². The van der Waals surface area contributed by atoms with Crippen LogP contribution in [0.4, 0.5) is 0 Å². The van der Waals surface area contributed by atoms with Gasteiger partial charge in [0, 0.05) is 0 Å². The number of hydrogen-bond acceptors (Lipinski definition) is 6. The summed E-state index contributed by atoms with van der Waals surface area (Å²) in [5, 5.41) is 0. The molecule has 2 N–H and O–H groups in total. The number of unbranched alkanes of at least 4 members (excludes halogenated alkanes) is 14. The van der Waals surface area contributed by atoms with Crippen molar-refractivity contribution in [1.29, 1.82) is 0 Å². The van der Waals surface area contributed by atoms with E-state index in [-0.39, 0.29) is 25.0 Å². The Labute approximate surface area is 228 Å². The monoisotopic (exact) mass is 572 g/mol. The summed E-state index contributed by atoms with van der Waals surface area (Å²) in [6.07, 6.45) is 22.9. The van der Waals surface area contributed by atoms with Gasteiger partial charge in [0.1, 0.15) is 0 Å². The molecule has 8 nitrogen and oxygen atoms in total. The van der Waals surface area contributed by atoms with E-state index in [1.807, 2.05) is 0 Å². The molecule has 0 aromatic rings. The second kappa shape index (κ2) is 23.6. The van der Waals surface area contributed by atoms with Crippen LogP contribution in [0.25, 0.3) is 0 Å². The molecule has 224 valence electrons. The molecule has 0 amide bonds. The quantitative estimate of drug-likeness (QED) is 0.0711. The van der Waals surface area contributed by atoms with Crippen molar-refractivity contribution in [3.8, 4) is 0 Å². The van der Waals surface area contributed by atoms with E-state index in [0.717, 1.165) is 57.8 Å². The van der Waals surface area contributed by atoms with E-state index in [2.05, 4.69) is 22.2 Å². The summed E-state index contributed by atoms with van der Waals surface area (Å²) in [5.41, 5.74) is 0. The predicted molar refractivity (Wildman–Crippen MR) is 150 cm³/mol. The zero-order valence-electron chi connectivity index (χ0n) is 23.6. The van der Waals surface area contributed by atoms with Gasteiger partial charge in [-0.2, -0.15) is 16.8 Å². The van der Waals surface area contributed by atoms with Crippen LogP contribution in [0.1, 0.15) is 149 Å². The van der Waals surface area contributed by atoms with Crippen molar-refractivity contribution in [2.24, 2.45) is 11.8 Å². The fourth-order valence-electron chi connectivity index (χ4n) is 4.82. The van der Waals surface area contributed by atoms with Gasteiger partial charge in [-0.25, -0.2) is 8.37 Å². The molecular formula is C27H56O8S2. The topological polar surface area (TPSA) is 127 Å². The van der Waals surface area contributed by atoms with Crippen molar-refractivity contribution in [2.45, 2.75) is 149 Å². The lowest BCUT2D eigenvalue weighted by atomic mass is 9.91. The first-order chi connectivity index (χ1) is 17.6. The second-order valence-corrected chi connectivity index (χ2v) is 12.8. The van der Waals surface area contributed by atoms with Crippen LogP contribution >= 0.6 is 0 Å². The smallest absolute Gasteiger partial charge is 0.264 e. The van der Waals surface area contributed by atoms with Crippen LogP contribution in [0.15, 0.2) is 0 Å². The third-order valence-corrected chi connectivity index (χ3v) is 7.93. The first-order valence-electron chi connectivity index (χ1n) is 14.8. The van der Waals surface area contributed by atoms with Crippen molar-refractivity contribution < 1.29 is 34.3 Å². The lowest BCUT2D eigenvalue weighted by Crippen LogP contribution is -2.17. The van der Waals surface area contributed by atoms with E-state index in [9.17, 15) is 16.8 Å². The molecule has 2 atom stereocenters. The summed E-state index contributed by atoms with van der Waals surface area (Å²) in [7, 11) is -8.95. The Balaban J connectivity index is 4.50. The lowest BCUT2D eigenvalue weighted by Gasteiger charge is -2.19. The van der Waals surface area contributed by atoms with Gasteiger partial charge in [-0.1, -0.05) is 123 Å². The molecule has 0 heterocycles. The van der Waals surface area contributed by atoms with Crippen molar-refractivity contribution in [3.63, 3.8) is 0 Å². The summed E-state index contributed by atoms with van der Waals surface area (Å²) < 4.78 is 71.7. The molecule has 10 heteroatoms. The van der Waals surface area contributed by atoms with Crippen molar-refractivity contribution >= 4 is 20.8 Å². The minimum atomic E-state index is -4.47. The molecule has 0 saturated heterocycles. The average molecular weight is 573 g/mol. The van der Waals surface area contributed by atoms with Gasteiger partial charge in [-0.15, -0.1) is 0 Å². The first kappa shape index (κ1) is 36.7. The minimum Gasteiger partial charge on any atom is -0.264 e. The highest BCUT2D eigenvalue weighted by Gasteiger charge is 2.17. The van der Waals surface area contributed by atoms with Gasteiger partial charge in [-0.05, 0) is 37.5 Å². The molecule has 37 heavy (non-hydrogen) atoms. The molecule has 0 aliphatic carbocycles. The fraction of sp³-hybridized carbons (Fsp3) is 1.00. The van der Waals surface area contributed by atoms with Gasteiger partial charge in [-0.3, -0.25) is 9.11 Å². The minimum absolute atomic E-state index is 0.00767. The largest absolute Gasteiger partial charge is 0.397 e. The van der Waals surface area contributed by atoms with E-state index < -0.39 is 20.8 Å². The van der Waals surface area contributed by atoms with Crippen LogP contribution in [0, 0.1) is 11.8 Å². The van der Waals surface area contributed by atoms with E-state index in [1.165, 1.54) is 77.0 Å². The van der Waals surface area contributed by atoms with Gasteiger partial charge in [0.15, 0.2) is 0 Å². The maximum absolute atomic E-state index is 11.1. The van der Waals surface area contributed by atoms with E-state index >= 15 is 0 Å². The number of rotatable bonds is 28. The van der Waals surface area contributed by atoms with Crippen molar-refractivity contribution in [2.75, 3.05) is 13.2 Å². The Morgan fingerprint density at radius 2 is 0.730 bits per heavy atom. The summed E-state index contributed by atoms with van der Waals surface area (Å²) in [5.74, 6) is 0.0153. The molecule has 0 spiro atoms. The first-order valence-corrected chi connectivity index (χ1v) is 17.5. The van der Waals surface area contributed by atoms with Crippen LogP contribution < -0.4 is 0 Å². The van der Waals surface area contributed by atoms with Crippen LogP contribution in [-0.2, 0) is 29.2 Å². The molecule has 0 radical (unpaired) electrons. The Morgan fingerprint density at radius 3 is 1.03 bits per heavy atom. The standard InChI is InChI=1S/C27H56O8S2/c1-3-5-7-9-11-13-15-17-20-26(24-34-36(28,29)30)22-19-23-27(25-35-37(31,32)33)21-18-16-14-12-10-8-6-4-2/h26-27H,3-25H2,1-2H3,(H,28,29,30)(H,31,32,33). The van der Waals surface area contributed by atoms with Gasteiger partial charge < -0.3 is 0 Å². The SMILES string of the molecule is CCCCCCCCCCC(CCCC(CCCCCCCCCC)COS(=O)(=O)O)COS(=O)(=O)O. The maximum Gasteiger partial charge on any atom is 0.397 e. The maximum atomic E-state index is 11.1. The third-order valence-electron chi connectivity index (χ3n) is 7.06. The molecule has 0 fully saturated rings. The highest BCUT2D eigenvalue weighted by atomic mass is 32.3. The fourth-order valence-corrected chi connectivity index (χ4v) is 5.54. The second-order valence-electron chi connectivity index (χ2n) is 10.6. The Morgan fingerprint density at radius 1 is 0.459 bits per heavy atom. The van der Waals surface area contributed by atoms with E-state index in [4.69, 9.17) is 9.11 Å². The summed E-state index contributed by atoms with van der Waals surface area (Å²) >= 11 is 0. The number of hydrogen-bond donors (Lipinski definition) is 2. The summed E-state index contributed by atoms with van der Waals surface area (Å²) in [6.45, 7) is 4.32. The molecule has 0 aliphatic heterocycles. The zero-order valence-corrected chi connectivity index (χ0v) is 25.2. The van der Waals surface area contributed by atoms with Crippen LogP contribution in [0.3, 0.4) is 0 Å². The summed E-state index contributed by atoms with van der Waals surface area (Å²) in [6, 6.07) is 0. The lowest BCUT2D eigenvalue weighted by molar-refractivity contribution is 0.188. The highest BCUT2D eigenvalue weighted by Crippen LogP contribution is 2.24. The molecule has 2 unspecified atom stereocenters. The van der Waals surface area contributed by atoms with Crippen molar-refractivity contribution in [1.82, 2.24) is 0 Å². The zero-order chi connectivity index (χ0) is 27.8. The predicted octanol–water partition coefficient (Wildman–Crippen LogP) is 8.09. The molecule has 0 bridgehead atoms. The molecule has 0 rings (SSSR count). The van der Waals surface area contributed by atoms with Gasteiger partial charge in [0.25, 0.3) is 0 Å². The van der Waals surface area contributed by atoms with E-state index in [0.29, 0.717) is 0 Å². The van der Waals surface area contributed by atoms with Crippen LogP contribution in [0.5, 0.6) is 0 Å². The molecule has 0 aromatic carbocycles.